The highest BCUT2D eigenvalue weighted by Gasteiger charge is 2.10. The number of hydrogen-bond acceptors (Lipinski definition) is 5. The minimum Gasteiger partial charge on any atom is -0.333 e. The number of hydrogen-bond donors (Lipinski definition) is 4. The van der Waals surface area contributed by atoms with Crippen molar-refractivity contribution in [1.82, 2.24) is 9.19 Å². The van der Waals surface area contributed by atoms with Crippen molar-refractivity contribution >= 4 is 37.8 Å². The van der Waals surface area contributed by atoms with E-state index in [4.69, 9.17) is 0 Å². The van der Waals surface area contributed by atoms with Crippen molar-refractivity contribution in [1.29, 1.82) is 0 Å². The van der Waals surface area contributed by atoms with E-state index in [2.05, 4.69) is 36.2 Å². The Labute approximate surface area is 67.7 Å². The fourth-order valence-electron chi connectivity index (χ4n) is 0.169. The van der Waals surface area contributed by atoms with Crippen LogP contribution in [0.1, 0.15) is 0 Å². The molecule has 0 atom stereocenters. The number of carbonyl (C=O) groups is 2. The number of thiol groups is 2. The van der Waals surface area contributed by atoms with Crippen LogP contribution in [-0.4, -0.2) is 16.6 Å². The van der Waals surface area contributed by atoms with Gasteiger partial charge in [0.15, 0.2) is 0 Å². The third-order valence-corrected chi connectivity index (χ3v) is 0.900. The first-order chi connectivity index (χ1) is 4.57. The average Bonchev–Trinajstić information content (AvgIpc) is 1.85. The number of nitrogens with zero attached hydrogens (tertiary/aromatic N) is 1. The number of nitrogens with two attached hydrogens (primary N) is 1. The van der Waals surface area contributed by atoms with Crippen LogP contribution in [0.25, 0.3) is 0 Å². The third-order valence-electron chi connectivity index (χ3n) is 0.446. The Morgan fingerprint density at radius 3 is 2.40 bits per heavy atom. The topological polar surface area (TPSA) is 84.7 Å². The molecule has 0 spiro atoms. The first-order valence-corrected chi connectivity index (χ1v) is 2.83. The highest BCUT2D eigenvalue weighted by Crippen LogP contribution is 1.94. The van der Waals surface area contributed by atoms with E-state index in [1.54, 1.807) is 0 Å². The van der Waals surface area contributed by atoms with Gasteiger partial charge in [-0.3, -0.25) is 4.72 Å². The van der Waals surface area contributed by atoms with E-state index in [1.165, 1.54) is 0 Å². The predicted molar refractivity (Wildman–Crippen MR) is 39.0 cm³/mol. The van der Waals surface area contributed by atoms with E-state index in [0.717, 1.165) is 0 Å². The minimum atomic E-state index is -1.13. The van der Waals surface area contributed by atoms with Crippen LogP contribution >= 0.6 is 25.6 Å². The zero-order chi connectivity index (χ0) is 8.15. The Balaban J connectivity index is 3.72. The summed E-state index contributed by atoms with van der Waals surface area (Å²) in [5.74, 6) is 0. The monoisotopic (exact) mass is 183 g/mol. The lowest BCUT2D eigenvalue weighted by atomic mass is 11.1. The number of primary amides is 1. The standard InChI is InChI=1S/C2H5N3O3S2/c3-1(6)8-5(10)2(7)4-9/h9-10H,(H2,3,6)(H,4,7). The van der Waals surface area contributed by atoms with Crippen molar-refractivity contribution in [2.24, 2.45) is 5.73 Å². The van der Waals surface area contributed by atoms with Crippen LogP contribution in [0.2, 0.25) is 0 Å². The lowest BCUT2D eigenvalue weighted by Crippen LogP contribution is -2.32. The molecule has 0 radical (unpaired) electrons. The molecule has 0 unspecified atom stereocenters. The van der Waals surface area contributed by atoms with E-state index >= 15 is 0 Å². The van der Waals surface area contributed by atoms with Crippen LogP contribution < -0.4 is 10.5 Å². The molecule has 0 aromatic rings. The summed E-state index contributed by atoms with van der Waals surface area (Å²) in [6.45, 7) is 0. The zero-order valence-electron chi connectivity index (χ0n) is 4.64. The van der Waals surface area contributed by atoms with Crippen molar-refractivity contribution in [2.45, 2.75) is 0 Å². The maximum absolute atomic E-state index is 10.4. The van der Waals surface area contributed by atoms with Gasteiger partial charge < -0.3 is 10.6 Å². The number of nitrogens with one attached hydrogen (secondary N) is 1. The second-order valence-corrected chi connectivity index (χ2v) is 1.69. The number of urea groups is 1. The minimum absolute atomic E-state index is 0.315. The molecular formula is C2H5N3O3S2. The van der Waals surface area contributed by atoms with Crippen molar-refractivity contribution in [3.63, 3.8) is 0 Å². The molecule has 8 heteroatoms. The molecule has 0 bridgehead atoms. The van der Waals surface area contributed by atoms with Gasteiger partial charge in [-0.2, -0.15) is 0 Å². The largest absolute Gasteiger partial charge is 0.429 e. The van der Waals surface area contributed by atoms with Gasteiger partial charge in [-0.1, -0.05) is 17.3 Å². The lowest BCUT2D eigenvalue weighted by Gasteiger charge is -2.10. The third kappa shape index (κ3) is 3.30. The summed E-state index contributed by atoms with van der Waals surface area (Å²) in [6, 6.07) is -0.814. The quantitative estimate of drug-likeness (QED) is 0.307. The van der Waals surface area contributed by atoms with Crippen LogP contribution in [0, 0.1) is 0 Å². The van der Waals surface area contributed by atoms with Crippen LogP contribution in [0.15, 0.2) is 0 Å². The smallest absolute Gasteiger partial charge is 0.333 e. The molecule has 6 nitrogen and oxygen atoms in total. The molecular weight excluding hydrogens is 178 g/mol. The summed E-state index contributed by atoms with van der Waals surface area (Å²) in [5, 5.41) is 0. The molecule has 0 saturated heterocycles. The van der Waals surface area contributed by atoms with Gasteiger partial charge in [0.2, 0.25) is 0 Å². The Morgan fingerprint density at radius 1 is 1.60 bits per heavy atom. The Bertz CT molecular complexity index is 151. The normalized spacial score (nSPS) is 8.20. The lowest BCUT2D eigenvalue weighted by molar-refractivity contribution is 0.0292. The van der Waals surface area contributed by atoms with Gasteiger partial charge in [0, 0.05) is 0 Å². The Hall–Kier alpha value is -0.760. The van der Waals surface area contributed by atoms with Gasteiger partial charge in [0.05, 0.1) is 0 Å². The summed E-state index contributed by atoms with van der Waals surface area (Å²) >= 11 is 6.75. The van der Waals surface area contributed by atoms with Crippen LogP contribution in [-0.2, 0) is 4.84 Å². The molecule has 3 N–H and O–H groups in total. The van der Waals surface area contributed by atoms with Gasteiger partial charge in [-0.25, -0.2) is 9.59 Å². The first-order valence-electron chi connectivity index (χ1n) is 1.98. The molecule has 58 valence electrons. The molecule has 10 heavy (non-hydrogen) atoms. The summed E-state index contributed by atoms with van der Waals surface area (Å²) in [7, 11) is 0. The fraction of sp³-hybridized carbons (Fsp3) is 0. The summed E-state index contributed by atoms with van der Waals surface area (Å²) in [4.78, 5) is 24.3. The Morgan fingerprint density at radius 2 is 2.10 bits per heavy atom. The van der Waals surface area contributed by atoms with Crippen molar-refractivity contribution in [3.05, 3.63) is 0 Å². The number of carbonyl (C=O) groups excluding carboxylic acids is 2. The maximum Gasteiger partial charge on any atom is 0.429 e. The molecule has 0 heterocycles. The van der Waals surface area contributed by atoms with Crippen LogP contribution in [0.4, 0.5) is 9.59 Å². The van der Waals surface area contributed by atoms with E-state index in [9.17, 15) is 9.59 Å². The van der Waals surface area contributed by atoms with Gasteiger partial charge in [-0.15, -0.1) is 0 Å². The molecule has 0 rings (SSSR count). The van der Waals surface area contributed by atoms with Gasteiger partial charge in [0.25, 0.3) is 0 Å². The molecule has 0 aliphatic heterocycles. The fourth-order valence-corrected chi connectivity index (χ4v) is 0.470. The second kappa shape index (κ2) is 4.12. The van der Waals surface area contributed by atoms with E-state index < -0.39 is 12.1 Å². The summed E-state index contributed by atoms with van der Waals surface area (Å²) < 4.78 is 2.16. The molecule has 0 fully saturated rings. The van der Waals surface area contributed by atoms with E-state index in [-0.39, 0.29) is 0 Å². The predicted octanol–water partition coefficient (Wildman–Crippen LogP) is -0.302. The summed E-state index contributed by atoms with van der Waals surface area (Å²) in [5.41, 5.74) is 4.53. The SMILES string of the molecule is NC(=O)ON(S)C(=O)NS. The van der Waals surface area contributed by atoms with Gasteiger partial charge >= 0.3 is 12.1 Å². The van der Waals surface area contributed by atoms with Crippen molar-refractivity contribution < 1.29 is 14.4 Å². The molecule has 0 aliphatic rings. The van der Waals surface area contributed by atoms with Gasteiger partial charge in [-0.05, 0) is 12.8 Å². The maximum atomic E-state index is 10.4. The molecule has 0 aromatic heterocycles. The summed E-state index contributed by atoms with van der Waals surface area (Å²) in [6.07, 6.45) is -1.13. The van der Waals surface area contributed by atoms with E-state index in [1.807, 2.05) is 4.72 Å². The molecule has 3 amide bonds. The van der Waals surface area contributed by atoms with Crippen molar-refractivity contribution in [3.8, 4) is 0 Å². The van der Waals surface area contributed by atoms with Crippen LogP contribution in [0.5, 0.6) is 0 Å². The second-order valence-electron chi connectivity index (χ2n) is 1.10. The Kier molecular flexibility index (Phi) is 3.81. The van der Waals surface area contributed by atoms with Gasteiger partial charge in [0.1, 0.15) is 0 Å². The number of rotatable bonds is 0. The molecule has 0 saturated carbocycles. The average molecular weight is 183 g/mol. The first kappa shape index (κ1) is 9.24. The highest BCUT2D eigenvalue weighted by molar-refractivity contribution is 7.79. The number of amides is 3. The van der Waals surface area contributed by atoms with Crippen LogP contribution in [0.3, 0.4) is 0 Å². The van der Waals surface area contributed by atoms with E-state index in [0.29, 0.717) is 4.47 Å². The van der Waals surface area contributed by atoms with Crippen molar-refractivity contribution in [2.75, 3.05) is 0 Å². The zero-order valence-corrected chi connectivity index (χ0v) is 6.43. The number of hydroxylamine groups is 1. The molecule has 0 aliphatic carbocycles. The molecule has 0 aromatic carbocycles. The highest BCUT2D eigenvalue weighted by atomic mass is 32.1.